The SMILES string of the molecule is O=C(OCC1c2ccccc2-c2ccccc21)N1C2C=C(c3cnc(Cl)nc3)CC1CCC2. The van der Waals surface area contributed by atoms with E-state index < -0.39 is 0 Å². The number of amides is 1. The molecule has 2 bridgehead atoms. The summed E-state index contributed by atoms with van der Waals surface area (Å²) in [5.74, 6) is 0.0725. The molecular weight excluding hydrogens is 434 g/mol. The Morgan fingerprint density at radius 1 is 1.00 bits per heavy atom. The molecule has 0 saturated carbocycles. The quantitative estimate of drug-likeness (QED) is 0.446. The average Bonchev–Trinajstić information content (AvgIpc) is 3.16. The summed E-state index contributed by atoms with van der Waals surface area (Å²) in [5.41, 5.74) is 7.10. The topological polar surface area (TPSA) is 55.3 Å². The molecule has 1 amide bonds. The van der Waals surface area contributed by atoms with Crippen molar-refractivity contribution in [2.45, 2.75) is 43.7 Å². The molecule has 3 aliphatic rings. The molecule has 3 aromatic rings. The van der Waals surface area contributed by atoms with Crippen LogP contribution in [0.1, 0.15) is 48.3 Å². The van der Waals surface area contributed by atoms with Crippen molar-refractivity contribution in [1.29, 1.82) is 0 Å². The number of benzene rings is 2. The van der Waals surface area contributed by atoms with Gasteiger partial charge in [-0.25, -0.2) is 14.8 Å². The first-order valence-electron chi connectivity index (χ1n) is 11.5. The van der Waals surface area contributed by atoms with Crippen molar-refractivity contribution in [3.05, 3.63) is 89.0 Å². The summed E-state index contributed by atoms with van der Waals surface area (Å²) in [6, 6.07) is 17.0. The van der Waals surface area contributed by atoms with Gasteiger partial charge < -0.3 is 4.74 Å². The van der Waals surface area contributed by atoms with E-state index in [0.717, 1.165) is 31.2 Å². The fraction of sp³-hybridized carbons (Fsp3) is 0.296. The highest BCUT2D eigenvalue weighted by Crippen LogP contribution is 2.45. The number of nitrogens with zero attached hydrogens (tertiary/aromatic N) is 3. The molecule has 166 valence electrons. The Labute approximate surface area is 198 Å². The Hall–Kier alpha value is -3.18. The minimum absolute atomic E-state index is 0.0406. The van der Waals surface area contributed by atoms with Gasteiger partial charge in [-0.2, -0.15) is 0 Å². The number of piperidine rings is 1. The molecule has 1 saturated heterocycles. The average molecular weight is 458 g/mol. The van der Waals surface area contributed by atoms with Gasteiger partial charge in [-0.05, 0) is 65.1 Å². The number of hydrogen-bond donors (Lipinski definition) is 0. The lowest BCUT2D eigenvalue weighted by molar-refractivity contribution is 0.0539. The van der Waals surface area contributed by atoms with Gasteiger partial charge in [-0.15, -0.1) is 0 Å². The summed E-state index contributed by atoms with van der Waals surface area (Å²) >= 11 is 5.85. The van der Waals surface area contributed by atoms with Gasteiger partial charge in [0, 0.05) is 29.9 Å². The summed E-state index contributed by atoms with van der Waals surface area (Å²) < 4.78 is 5.99. The van der Waals surface area contributed by atoms with Crippen LogP contribution in [0.2, 0.25) is 5.28 Å². The Morgan fingerprint density at radius 3 is 2.33 bits per heavy atom. The molecule has 0 N–H and O–H groups in total. The molecule has 2 atom stereocenters. The van der Waals surface area contributed by atoms with Crippen molar-refractivity contribution >= 4 is 23.3 Å². The summed E-state index contributed by atoms with van der Waals surface area (Å²) in [6.07, 6.45) is 9.32. The van der Waals surface area contributed by atoms with Crippen molar-refractivity contribution in [2.75, 3.05) is 6.61 Å². The third kappa shape index (κ3) is 3.61. The lowest BCUT2D eigenvalue weighted by Gasteiger charge is -2.44. The van der Waals surface area contributed by atoms with E-state index in [1.54, 1.807) is 12.4 Å². The molecule has 6 rings (SSSR count). The first-order valence-corrected chi connectivity index (χ1v) is 11.9. The van der Waals surface area contributed by atoms with Crippen LogP contribution in [0.4, 0.5) is 4.79 Å². The van der Waals surface area contributed by atoms with E-state index in [2.05, 4.69) is 64.6 Å². The molecule has 1 fully saturated rings. The maximum atomic E-state index is 13.3. The Bertz CT molecular complexity index is 1190. The third-order valence-corrected chi connectivity index (χ3v) is 7.37. The third-order valence-electron chi connectivity index (χ3n) is 7.18. The van der Waals surface area contributed by atoms with E-state index in [0.29, 0.717) is 6.61 Å². The molecule has 5 nitrogen and oxygen atoms in total. The van der Waals surface area contributed by atoms with Gasteiger partial charge in [-0.3, -0.25) is 4.90 Å². The van der Waals surface area contributed by atoms with E-state index in [1.807, 2.05) is 4.90 Å². The second-order valence-electron chi connectivity index (χ2n) is 9.00. The summed E-state index contributed by atoms with van der Waals surface area (Å²) in [5, 5.41) is 0.246. The van der Waals surface area contributed by atoms with Crippen molar-refractivity contribution in [2.24, 2.45) is 0 Å². The molecular formula is C27H24ClN3O2. The lowest BCUT2D eigenvalue weighted by Crippen LogP contribution is -2.51. The van der Waals surface area contributed by atoms with E-state index in [1.165, 1.54) is 27.8 Å². The van der Waals surface area contributed by atoms with E-state index in [4.69, 9.17) is 16.3 Å². The first kappa shape index (κ1) is 20.4. The molecule has 2 aliphatic heterocycles. The van der Waals surface area contributed by atoms with Crippen LogP contribution in [-0.4, -0.2) is 39.7 Å². The maximum Gasteiger partial charge on any atom is 0.410 e. The predicted octanol–water partition coefficient (Wildman–Crippen LogP) is 6.09. The molecule has 33 heavy (non-hydrogen) atoms. The zero-order valence-electron chi connectivity index (χ0n) is 18.2. The van der Waals surface area contributed by atoms with Crippen LogP contribution in [0.15, 0.2) is 67.0 Å². The van der Waals surface area contributed by atoms with Crippen LogP contribution >= 0.6 is 11.6 Å². The maximum absolute atomic E-state index is 13.3. The van der Waals surface area contributed by atoms with Gasteiger partial charge in [0.1, 0.15) is 6.61 Å². The van der Waals surface area contributed by atoms with Crippen molar-refractivity contribution in [3.8, 4) is 11.1 Å². The largest absolute Gasteiger partial charge is 0.448 e. The molecule has 0 radical (unpaired) electrons. The molecule has 2 aromatic carbocycles. The summed E-state index contributed by atoms with van der Waals surface area (Å²) in [6.45, 7) is 0.352. The van der Waals surface area contributed by atoms with Crippen molar-refractivity contribution < 1.29 is 9.53 Å². The van der Waals surface area contributed by atoms with Gasteiger partial charge in [0.15, 0.2) is 0 Å². The summed E-state index contributed by atoms with van der Waals surface area (Å²) in [4.78, 5) is 23.5. The molecule has 0 spiro atoms. The van der Waals surface area contributed by atoms with Crippen LogP contribution in [0.25, 0.3) is 16.7 Å². The number of fused-ring (bicyclic) bond motifs is 5. The Balaban J connectivity index is 1.22. The number of carbonyl (C=O) groups excluding carboxylic acids is 1. The normalized spacial score (nSPS) is 21.2. The number of ether oxygens (including phenoxy) is 1. The number of rotatable bonds is 3. The zero-order valence-corrected chi connectivity index (χ0v) is 18.9. The molecule has 1 aromatic heterocycles. The van der Waals surface area contributed by atoms with Crippen LogP contribution in [0, 0.1) is 0 Å². The van der Waals surface area contributed by atoms with Crippen LogP contribution in [0.5, 0.6) is 0 Å². The molecule has 2 unspecified atom stereocenters. The van der Waals surface area contributed by atoms with Gasteiger partial charge in [0.25, 0.3) is 0 Å². The van der Waals surface area contributed by atoms with Gasteiger partial charge in [0.2, 0.25) is 5.28 Å². The van der Waals surface area contributed by atoms with Crippen molar-refractivity contribution in [1.82, 2.24) is 14.9 Å². The number of carbonyl (C=O) groups is 1. The lowest BCUT2D eigenvalue weighted by atomic mass is 9.83. The molecule has 1 aliphatic carbocycles. The molecule has 6 heteroatoms. The minimum Gasteiger partial charge on any atom is -0.448 e. The fourth-order valence-corrected chi connectivity index (χ4v) is 5.77. The second-order valence-corrected chi connectivity index (χ2v) is 9.34. The fourth-order valence-electron chi connectivity index (χ4n) is 5.67. The van der Waals surface area contributed by atoms with Gasteiger partial charge in [0.05, 0.1) is 6.04 Å². The number of aromatic nitrogens is 2. The zero-order chi connectivity index (χ0) is 22.4. The summed E-state index contributed by atoms with van der Waals surface area (Å²) in [7, 11) is 0. The van der Waals surface area contributed by atoms with Crippen LogP contribution in [0.3, 0.4) is 0 Å². The highest BCUT2D eigenvalue weighted by molar-refractivity contribution is 6.28. The van der Waals surface area contributed by atoms with E-state index >= 15 is 0 Å². The smallest absolute Gasteiger partial charge is 0.410 e. The van der Waals surface area contributed by atoms with E-state index in [-0.39, 0.29) is 29.4 Å². The monoisotopic (exact) mass is 457 g/mol. The first-order chi connectivity index (χ1) is 16.2. The predicted molar refractivity (Wildman–Crippen MR) is 128 cm³/mol. The molecule has 3 heterocycles. The van der Waals surface area contributed by atoms with Crippen molar-refractivity contribution in [3.63, 3.8) is 0 Å². The Morgan fingerprint density at radius 2 is 1.67 bits per heavy atom. The number of hydrogen-bond acceptors (Lipinski definition) is 4. The standard InChI is InChI=1S/C27H24ClN3O2/c28-26-29-14-18(15-30-26)17-12-19-6-5-7-20(13-17)31(19)27(32)33-16-25-23-10-3-1-8-21(23)22-9-2-4-11-24(22)25/h1-4,8-12,14-15,19-20,25H,5-7,13,16H2. The highest BCUT2D eigenvalue weighted by Gasteiger charge is 2.39. The highest BCUT2D eigenvalue weighted by atomic mass is 35.5. The van der Waals surface area contributed by atoms with E-state index in [9.17, 15) is 4.79 Å². The van der Waals surface area contributed by atoms with Gasteiger partial charge >= 0.3 is 6.09 Å². The Kier molecular flexibility index (Phi) is 5.14. The van der Waals surface area contributed by atoms with Crippen LogP contribution in [-0.2, 0) is 4.74 Å². The minimum atomic E-state index is -0.214. The second kappa shape index (κ2) is 8.31. The number of halogens is 1. The van der Waals surface area contributed by atoms with Crippen LogP contribution < -0.4 is 0 Å². The van der Waals surface area contributed by atoms with Gasteiger partial charge in [-0.1, -0.05) is 54.6 Å².